The van der Waals surface area contributed by atoms with Crippen molar-refractivity contribution in [2.45, 2.75) is 39.2 Å². The number of carbonyl (C=O) groups is 1. The predicted molar refractivity (Wildman–Crippen MR) is 73.2 cm³/mol. The maximum atomic E-state index is 12.0. The van der Waals surface area contributed by atoms with Crippen molar-refractivity contribution in [3.8, 4) is 0 Å². The monoisotopic (exact) mass is 270 g/mol. The molecule has 2 heterocycles. The topological polar surface area (TPSA) is 50.8 Å². The minimum absolute atomic E-state index is 0.190. The molecule has 1 N–H and O–H groups in total. The van der Waals surface area contributed by atoms with Crippen LogP contribution < -0.4 is 5.32 Å². The van der Waals surface area contributed by atoms with E-state index in [1.54, 1.807) is 0 Å². The molecule has 1 amide bonds. The van der Waals surface area contributed by atoms with Crippen LogP contribution in [0.4, 0.5) is 4.79 Å². The average molecular weight is 270 g/mol. The zero-order valence-electron chi connectivity index (χ0n) is 12.3. The molecule has 110 valence electrons. The molecule has 0 saturated carbocycles. The van der Waals surface area contributed by atoms with Gasteiger partial charge in [0.1, 0.15) is 5.60 Å². The van der Waals surface area contributed by atoms with Crippen LogP contribution in [0.25, 0.3) is 0 Å². The van der Waals surface area contributed by atoms with Crippen molar-refractivity contribution in [2.75, 3.05) is 39.4 Å². The van der Waals surface area contributed by atoms with Crippen LogP contribution in [0.2, 0.25) is 0 Å². The summed E-state index contributed by atoms with van der Waals surface area (Å²) in [6.45, 7) is 10.8. The molecule has 0 aliphatic carbocycles. The second-order valence-electron chi connectivity index (χ2n) is 6.70. The highest BCUT2D eigenvalue weighted by Crippen LogP contribution is 2.32. The van der Waals surface area contributed by atoms with Crippen LogP contribution in [0.15, 0.2) is 0 Å². The Kier molecular flexibility index (Phi) is 4.36. The van der Waals surface area contributed by atoms with E-state index in [9.17, 15) is 4.79 Å². The summed E-state index contributed by atoms with van der Waals surface area (Å²) in [4.78, 5) is 13.8. The molecule has 0 unspecified atom stereocenters. The first-order chi connectivity index (χ1) is 8.90. The number of hydrogen-bond acceptors (Lipinski definition) is 4. The van der Waals surface area contributed by atoms with Gasteiger partial charge in [-0.3, -0.25) is 0 Å². The molecule has 2 aliphatic heterocycles. The molecule has 2 fully saturated rings. The predicted octanol–water partition coefficient (Wildman–Crippen LogP) is 1.62. The molecule has 2 rings (SSSR count). The fourth-order valence-electron chi connectivity index (χ4n) is 2.65. The number of likely N-dealkylation sites (tertiary alicyclic amines) is 1. The van der Waals surface area contributed by atoms with Gasteiger partial charge in [-0.05, 0) is 33.6 Å². The Morgan fingerprint density at radius 3 is 2.63 bits per heavy atom. The molecule has 5 nitrogen and oxygen atoms in total. The summed E-state index contributed by atoms with van der Waals surface area (Å²) in [5, 5.41) is 3.43. The highest BCUT2D eigenvalue weighted by atomic mass is 16.6. The number of hydrogen-bond donors (Lipinski definition) is 1. The zero-order valence-corrected chi connectivity index (χ0v) is 12.3. The largest absolute Gasteiger partial charge is 0.444 e. The number of piperidine rings is 1. The van der Waals surface area contributed by atoms with Crippen LogP contribution in [0, 0.1) is 5.41 Å². The van der Waals surface area contributed by atoms with Gasteiger partial charge in [0.05, 0.1) is 13.2 Å². The van der Waals surface area contributed by atoms with Gasteiger partial charge in [0.15, 0.2) is 0 Å². The number of nitrogens with one attached hydrogen (secondary N) is 1. The number of nitrogens with zero attached hydrogens (tertiary/aromatic N) is 1. The van der Waals surface area contributed by atoms with Crippen molar-refractivity contribution in [3.63, 3.8) is 0 Å². The maximum absolute atomic E-state index is 12.0. The molecule has 0 bridgehead atoms. The summed E-state index contributed by atoms with van der Waals surface area (Å²) in [5.41, 5.74) is -0.214. The standard InChI is InChI=1S/C14H26N2O3/c1-13(2,3)19-12(17)16-7-4-14(5-8-16)10-15-6-9-18-11-14/h15H,4-11H2,1-3H3. The van der Waals surface area contributed by atoms with E-state index in [1.807, 2.05) is 25.7 Å². The smallest absolute Gasteiger partial charge is 0.410 e. The van der Waals surface area contributed by atoms with E-state index in [-0.39, 0.29) is 11.5 Å². The summed E-state index contributed by atoms with van der Waals surface area (Å²) in [5.74, 6) is 0. The van der Waals surface area contributed by atoms with Crippen LogP contribution in [-0.4, -0.2) is 56.0 Å². The molecule has 19 heavy (non-hydrogen) atoms. The molecule has 2 saturated heterocycles. The Bertz CT molecular complexity index is 307. The van der Waals surface area contributed by atoms with E-state index >= 15 is 0 Å². The first-order valence-electron chi connectivity index (χ1n) is 7.17. The summed E-state index contributed by atoms with van der Waals surface area (Å²) in [6, 6.07) is 0. The lowest BCUT2D eigenvalue weighted by Gasteiger charge is -2.41. The van der Waals surface area contributed by atoms with Gasteiger partial charge in [0.2, 0.25) is 0 Å². The van der Waals surface area contributed by atoms with Crippen LogP contribution in [0.3, 0.4) is 0 Å². The van der Waals surface area contributed by atoms with Gasteiger partial charge in [-0.1, -0.05) is 0 Å². The van der Waals surface area contributed by atoms with E-state index in [0.717, 1.165) is 52.2 Å². The quantitative estimate of drug-likeness (QED) is 0.727. The van der Waals surface area contributed by atoms with Gasteiger partial charge in [-0.15, -0.1) is 0 Å². The highest BCUT2D eigenvalue weighted by Gasteiger charge is 2.37. The van der Waals surface area contributed by atoms with Crippen molar-refractivity contribution in [3.05, 3.63) is 0 Å². The normalized spacial score (nSPS) is 24.1. The molecule has 0 aromatic heterocycles. The third-order valence-electron chi connectivity index (χ3n) is 3.81. The van der Waals surface area contributed by atoms with Crippen molar-refractivity contribution < 1.29 is 14.3 Å². The third kappa shape index (κ3) is 4.08. The molecule has 0 aromatic rings. The number of carbonyl (C=O) groups excluding carboxylic acids is 1. The van der Waals surface area contributed by atoms with Crippen molar-refractivity contribution in [1.82, 2.24) is 10.2 Å². The molecule has 0 radical (unpaired) electrons. The van der Waals surface area contributed by atoms with Gasteiger partial charge in [0.25, 0.3) is 0 Å². The SMILES string of the molecule is CC(C)(C)OC(=O)N1CCC2(CC1)CNCCOC2. The van der Waals surface area contributed by atoms with Gasteiger partial charge in [-0.2, -0.15) is 0 Å². The van der Waals surface area contributed by atoms with Crippen LogP contribution in [0.5, 0.6) is 0 Å². The Hall–Kier alpha value is -0.810. The number of rotatable bonds is 0. The average Bonchev–Trinajstić information content (AvgIpc) is 2.54. The molecule has 1 spiro atoms. The lowest BCUT2D eigenvalue weighted by molar-refractivity contribution is -0.00596. The first kappa shape index (κ1) is 14.6. The van der Waals surface area contributed by atoms with Crippen molar-refractivity contribution in [1.29, 1.82) is 0 Å². The van der Waals surface area contributed by atoms with E-state index < -0.39 is 5.60 Å². The van der Waals surface area contributed by atoms with Gasteiger partial charge in [-0.25, -0.2) is 4.79 Å². The molecule has 2 aliphatic rings. The molecular formula is C14H26N2O3. The van der Waals surface area contributed by atoms with Gasteiger partial charge < -0.3 is 19.7 Å². The second kappa shape index (κ2) is 5.67. The van der Waals surface area contributed by atoms with Crippen LogP contribution >= 0.6 is 0 Å². The Labute approximate surface area is 115 Å². The van der Waals surface area contributed by atoms with Crippen molar-refractivity contribution in [2.24, 2.45) is 5.41 Å². The van der Waals surface area contributed by atoms with Crippen LogP contribution in [-0.2, 0) is 9.47 Å². The molecule has 5 heteroatoms. The summed E-state index contributed by atoms with van der Waals surface area (Å²) in [6.07, 6.45) is 1.78. The summed E-state index contributed by atoms with van der Waals surface area (Å²) >= 11 is 0. The van der Waals surface area contributed by atoms with Gasteiger partial charge >= 0.3 is 6.09 Å². The minimum atomic E-state index is -0.417. The van der Waals surface area contributed by atoms with E-state index in [0.29, 0.717) is 0 Å². The highest BCUT2D eigenvalue weighted by molar-refractivity contribution is 5.68. The van der Waals surface area contributed by atoms with Crippen molar-refractivity contribution >= 4 is 6.09 Å². The van der Waals surface area contributed by atoms with E-state index in [2.05, 4.69) is 5.32 Å². The number of ether oxygens (including phenoxy) is 2. The van der Waals surface area contributed by atoms with Crippen LogP contribution in [0.1, 0.15) is 33.6 Å². The molecule has 0 atom stereocenters. The third-order valence-corrected chi connectivity index (χ3v) is 3.81. The summed E-state index contributed by atoms with van der Waals surface area (Å²) < 4.78 is 11.1. The summed E-state index contributed by atoms with van der Waals surface area (Å²) in [7, 11) is 0. The Balaban J connectivity index is 1.86. The first-order valence-corrected chi connectivity index (χ1v) is 7.17. The second-order valence-corrected chi connectivity index (χ2v) is 6.70. The fourth-order valence-corrected chi connectivity index (χ4v) is 2.65. The fraction of sp³-hybridized carbons (Fsp3) is 0.929. The Morgan fingerprint density at radius 2 is 2.00 bits per heavy atom. The van der Waals surface area contributed by atoms with E-state index in [4.69, 9.17) is 9.47 Å². The molecular weight excluding hydrogens is 244 g/mol. The Morgan fingerprint density at radius 1 is 1.32 bits per heavy atom. The van der Waals surface area contributed by atoms with E-state index in [1.165, 1.54) is 0 Å². The maximum Gasteiger partial charge on any atom is 0.410 e. The molecule has 0 aromatic carbocycles. The lowest BCUT2D eigenvalue weighted by Crippen LogP contribution is -2.49. The van der Waals surface area contributed by atoms with Gasteiger partial charge in [0, 0.05) is 31.6 Å². The number of amides is 1. The zero-order chi connectivity index (χ0) is 13.9. The minimum Gasteiger partial charge on any atom is -0.444 e. The lowest BCUT2D eigenvalue weighted by atomic mass is 9.79.